The summed E-state index contributed by atoms with van der Waals surface area (Å²) in [6.07, 6.45) is 3.71. The molecule has 0 amide bonds. The third-order valence-electron chi connectivity index (χ3n) is 5.02. The van der Waals surface area contributed by atoms with Crippen molar-refractivity contribution in [1.29, 1.82) is 0 Å². The molecule has 0 fully saturated rings. The fourth-order valence-corrected chi connectivity index (χ4v) is 3.38. The number of carbonyl (C=O) groups excluding carboxylic acids is 1. The minimum Gasteiger partial charge on any atom is -0.488 e. The second-order valence-electron chi connectivity index (χ2n) is 7.36. The second-order valence-corrected chi connectivity index (χ2v) is 7.36. The van der Waals surface area contributed by atoms with Gasteiger partial charge in [0.25, 0.3) is 0 Å². The number of hydrogen-bond acceptors (Lipinski definition) is 3. The van der Waals surface area contributed by atoms with E-state index in [1.807, 2.05) is 30.3 Å². The highest BCUT2D eigenvalue weighted by Crippen LogP contribution is 2.36. The van der Waals surface area contributed by atoms with Crippen LogP contribution in [0.3, 0.4) is 0 Å². The maximum atomic E-state index is 12.2. The first-order valence-corrected chi connectivity index (χ1v) is 9.77. The van der Waals surface area contributed by atoms with Gasteiger partial charge in [0.05, 0.1) is 13.0 Å². The standard InChI is InChI=1S/C24H28O3/c1-4-5-8-17(2)15-27-24(25)14-19-11-12-23-22(13-19)18(3)21-10-7-6-9-20(21)16-26-23/h6-7,9-13,17H,3-5,8,14-16H2,1-2H3. The van der Waals surface area contributed by atoms with Crippen LogP contribution in [-0.4, -0.2) is 12.6 Å². The van der Waals surface area contributed by atoms with Gasteiger partial charge in [0.2, 0.25) is 0 Å². The van der Waals surface area contributed by atoms with E-state index >= 15 is 0 Å². The summed E-state index contributed by atoms with van der Waals surface area (Å²) in [5.41, 5.74) is 5.02. The maximum Gasteiger partial charge on any atom is 0.310 e. The van der Waals surface area contributed by atoms with Crippen LogP contribution in [0.1, 0.15) is 55.4 Å². The second kappa shape index (κ2) is 8.90. The molecule has 3 heteroatoms. The Balaban J connectivity index is 1.68. The Labute approximate surface area is 162 Å². The molecule has 1 atom stereocenters. The van der Waals surface area contributed by atoms with E-state index in [2.05, 4.69) is 32.6 Å². The third kappa shape index (κ3) is 4.79. The summed E-state index contributed by atoms with van der Waals surface area (Å²) in [5.74, 6) is 1.03. The molecule has 0 bridgehead atoms. The molecule has 2 aromatic carbocycles. The summed E-state index contributed by atoms with van der Waals surface area (Å²) >= 11 is 0. The van der Waals surface area contributed by atoms with E-state index in [1.54, 1.807) is 0 Å². The molecular formula is C24H28O3. The Morgan fingerprint density at radius 2 is 2.04 bits per heavy atom. The van der Waals surface area contributed by atoms with Crippen molar-refractivity contribution in [3.8, 4) is 5.75 Å². The molecular weight excluding hydrogens is 336 g/mol. The lowest BCUT2D eigenvalue weighted by Gasteiger charge is -2.13. The molecule has 0 radical (unpaired) electrons. The Hall–Kier alpha value is -2.55. The van der Waals surface area contributed by atoms with E-state index < -0.39 is 0 Å². The maximum absolute atomic E-state index is 12.2. The average Bonchev–Trinajstić information content (AvgIpc) is 2.82. The van der Waals surface area contributed by atoms with Crippen molar-refractivity contribution in [3.63, 3.8) is 0 Å². The van der Waals surface area contributed by atoms with Crippen LogP contribution in [-0.2, 0) is 22.6 Å². The highest BCUT2D eigenvalue weighted by atomic mass is 16.5. The SMILES string of the molecule is C=C1c2ccccc2COc2ccc(CC(=O)OCC(C)CCCC)cc21. The van der Waals surface area contributed by atoms with Crippen LogP contribution in [0, 0.1) is 5.92 Å². The van der Waals surface area contributed by atoms with Crippen molar-refractivity contribution < 1.29 is 14.3 Å². The molecule has 1 unspecified atom stereocenters. The van der Waals surface area contributed by atoms with Gasteiger partial charge in [-0.25, -0.2) is 0 Å². The largest absolute Gasteiger partial charge is 0.488 e. The number of unbranched alkanes of at least 4 members (excludes halogenated alkanes) is 1. The highest BCUT2D eigenvalue weighted by Gasteiger charge is 2.18. The van der Waals surface area contributed by atoms with Gasteiger partial charge >= 0.3 is 5.97 Å². The van der Waals surface area contributed by atoms with Gasteiger partial charge in [-0.1, -0.05) is 63.6 Å². The van der Waals surface area contributed by atoms with Gasteiger partial charge in [-0.15, -0.1) is 0 Å². The summed E-state index contributed by atoms with van der Waals surface area (Å²) in [6.45, 7) is 9.59. The molecule has 0 spiro atoms. The third-order valence-corrected chi connectivity index (χ3v) is 5.02. The predicted octanol–water partition coefficient (Wildman–Crippen LogP) is 5.55. The van der Waals surface area contributed by atoms with E-state index in [9.17, 15) is 4.79 Å². The number of rotatable bonds is 7. The summed E-state index contributed by atoms with van der Waals surface area (Å²) in [4.78, 5) is 12.2. The molecule has 1 aliphatic heterocycles. The van der Waals surface area contributed by atoms with Crippen molar-refractivity contribution in [1.82, 2.24) is 0 Å². The molecule has 3 rings (SSSR count). The molecule has 1 heterocycles. The first-order chi connectivity index (χ1) is 13.1. The topological polar surface area (TPSA) is 35.5 Å². The first-order valence-electron chi connectivity index (χ1n) is 9.77. The van der Waals surface area contributed by atoms with E-state index in [4.69, 9.17) is 9.47 Å². The quantitative estimate of drug-likeness (QED) is 0.604. The minimum absolute atomic E-state index is 0.182. The molecule has 2 aromatic rings. The lowest BCUT2D eigenvalue weighted by atomic mass is 9.94. The molecule has 3 nitrogen and oxygen atoms in total. The van der Waals surface area contributed by atoms with Crippen molar-refractivity contribution in [2.45, 2.75) is 46.1 Å². The zero-order chi connectivity index (χ0) is 19.2. The van der Waals surface area contributed by atoms with Crippen LogP contribution in [0.5, 0.6) is 5.75 Å². The highest BCUT2D eigenvalue weighted by molar-refractivity contribution is 5.84. The Bertz CT molecular complexity index is 822. The summed E-state index contributed by atoms with van der Waals surface area (Å²) < 4.78 is 11.4. The molecule has 0 N–H and O–H groups in total. The lowest BCUT2D eigenvalue weighted by Crippen LogP contribution is -2.14. The van der Waals surface area contributed by atoms with Crippen molar-refractivity contribution in [2.24, 2.45) is 5.92 Å². The number of hydrogen-bond donors (Lipinski definition) is 0. The van der Waals surface area contributed by atoms with Crippen LogP contribution in [0.15, 0.2) is 49.0 Å². The van der Waals surface area contributed by atoms with Crippen molar-refractivity contribution in [2.75, 3.05) is 6.61 Å². The molecule has 142 valence electrons. The molecule has 0 saturated carbocycles. The van der Waals surface area contributed by atoms with Gasteiger partial charge in [0.15, 0.2) is 0 Å². The normalized spacial score (nSPS) is 13.8. The van der Waals surface area contributed by atoms with Crippen LogP contribution < -0.4 is 4.74 Å². The zero-order valence-corrected chi connectivity index (χ0v) is 16.3. The molecule has 27 heavy (non-hydrogen) atoms. The van der Waals surface area contributed by atoms with Gasteiger partial charge in [-0.3, -0.25) is 4.79 Å². The zero-order valence-electron chi connectivity index (χ0n) is 16.3. The number of benzene rings is 2. The summed E-state index contributed by atoms with van der Waals surface area (Å²) in [6, 6.07) is 14.0. The van der Waals surface area contributed by atoms with E-state index in [-0.39, 0.29) is 12.4 Å². The number of carbonyl (C=O) groups is 1. The van der Waals surface area contributed by atoms with Gasteiger partial charge in [0, 0.05) is 5.56 Å². The fourth-order valence-electron chi connectivity index (χ4n) is 3.38. The van der Waals surface area contributed by atoms with Gasteiger partial charge < -0.3 is 9.47 Å². The Morgan fingerprint density at radius 3 is 2.85 bits per heavy atom. The summed E-state index contributed by atoms with van der Waals surface area (Å²) in [5, 5.41) is 0. The van der Waals surface area contributed by atoms with Gasteiger partial charge in [-0.05, 0) is 46.7 Å². The van der Waals surface area contributed by atoms with Crippen LogP contribution in [0.4, 0.5) is 0 Å². The molecule has 1 aliphatic rings. The predicted molar refractivity (Wildman–Crippen MR) is 109 cm³/mol. The lowest BCUT2D eigenvalue weighted by molar-refractivity contribution is -0.144. The van der Waals surface area contributed by atoms with Crippen molar-refractivity contribution in [3.05, 3.63) is 71.3 Å². The monoisotopic (exact) mass is 364 g/mol. The number of fused-ring (bicyclic) bond motifs is 2. The first kappa shape index (κ1) is 19.2. The van der Waals surface area contributed by atoms with Crippen LogP contribution in [0.2, 0.25) is 0 Å². The Kier molecular flexibility index (Phi) is 6.33. The average molecular weight is 364 g/mol. The van der Waals surface area contributed by atoms with Crippen LogP contribution in [0.25, 0.3) is 5.57 Å². The number of ether oxygens (including phenoxy) is 2. The van der Waals surface area contributed by atoms with Gasteiger partial charge in [0.1, 0.15) is 12.4 Å². The van der Waals surface area contributed by atoms with Crippen molar-refractivity contribution >= 4 is 11.5 Å². The van der Waals surface area contributed by atoms with Gasteiger partial charge in [-0.2, -0.15) is 0 Å². The smallest absolute Gasteiger partial charge is 0.310 e. The Morgan fingerprint density at radius 1 is 1.22 bits per heavy atom. The van der Waals surface area contributed by atoms with E-state index in [0.29, 0.717) is 19.1 Å². The minimum atomic E-state index is -0.182. The molecule has 0 aromatic heterocycles. The summed E-state index contributed by atoms with van der Waals surface area (Å²) in [7, 11) is 0. The molecule has 0 aliphatic carbocycles. The number of esters is 1. The van der Waals surface area contributed by atoms with Crippen LogP contribution >= 0.6 is 0 Å². The fraction of sp³-hybridized carbons (Fsp3) is 0.375. The molecule has 0 saturated heterocycles. The van der Waals surface area contributed by atoms with E-state index in [0.717, 1.165) is 40.0 Å². The van der Waals surface area contributed by atoms with E-state index in [1.165, 1.54) is 12.8 Å².